The van der Waals surface area contributed by atoms with Crippen molar-refractivity contribution in [2.24, 2.45) is 0 Å². The Hall–Kier alpha value is -1.38. The molecule has 0 fully saturated rings. The molecule has 1 atom stereocenters. The predicted molar refractivity (Wildman–Crippen MR) is 78.6 cm³/mol. The zero-order valence-corrected chi connectivity index (χ0v) is 11.7. The molecule has 98 valence electrons. The molecule has 2 nitrogen and oxygen atoms in total. The Morgan fingerprint density at radius 1 is 1.37 bits per heavy atom. The summed E-state index contributed by atoms with van der Waals surface area (Å²) < 4.78 is 0. The highest BCUT2D eigenvalue weighted by atomic mass is 35.5. The molecule has 3 heteroatoms. The third kappa shape index (κ3) is 2.38. The van der Waals surface area contributed by atoms with Crippen LogP contribution in [-0.2, 0) is 13.0 Å². The van der Waals surface area contributed by atoms with E-state index in [1.807, 2.05) is 25.4 Å². The normalized spacial score (nSPS) is 17.5. The van der Waals surface area contributed by atoms with Crippen molar-refractivity contribution in [2.45, 2.75) is 25.3 Å². The summed E-state index contributed by atoms with van der Waals surface area (Å²) in [7, 11) is 1.94. The van der Waals surface area contributed by atoms with Gasteiger partial charge in [0.2, 0.25) is 0 Å². The van der Waals surface area contributed by atoms with Crippen LogP contribution in [0.2, 0.25) is 5.02 Å². The molecule has 0 aliphatic heterocycles. The average molecular weight is 273 g/mol. The SMILES string of the molecule is CNCc1cc(C2CCc3cccnc32)ccc1Cl. The lowest BCUT2D eigenvalue weighted by atomic mass is 9.95. The van der Waals surface area contributed by atoms with Gasteiger partial charge in [0.1, 0.15) is 0 Å². The first-order chi connectivity index (χ1) is 9.29. The number of aryl methyl sites for hydroxylation is 1. The average Bonchev–Trinajstić information content (AvgIpc) is 2.85. The van der Waals surface area contributed by atoms with Gasteiger partial charge in [-0.05, 0) is 48.7 Å². The highest BCUT2D eigenvalue weighted by Gasteiger charge is 2.25. The summed E-state index contributed by atoms with van der Waals surface area (Å²) >= 11 is 6.23. The molecule has 1 unspecified atom stereocenters. The topological polar surface area (TPSA) is 24.9 Å². The maximum atomic E-state index is 6.23. The molecule has 0 bridgehead atoms. The van der Waals surface area contributed by atoms with E-state index in [0.717, 1.165) is 30.0 Å². The Labute approximate surface area is 118 Å². The Kier molecular flexibility index (Phi) is 3.54. The van der Waals surface area contributed by atoms with Crippen LogP contribution in [0.25, 0.3) is 0 Å². The highest BCUT2D eigenvalue weighted by Crippen LogP contribution is 2.37. The molecular weight excluding hydrogens is 256 g/mol. The summed E-state index contributed by atoms with van der Waals surface area (Å²) in [5, 5.41) is 3.99. The quantitative estimate of drug-likeness (QED) is 0.925. The van der Waals surface area contributed by atoms with Crippen molar-refractivity contribution >= 4 is 11.6 Å². The Bertz CT molecular complexity index is 595. The fourth-order valence-electron chi connectivity index (χ4n) is 2.87. The number of aromatic nitrogens is 1. The summed E-state index contributed by atoms with van der Waals surface area (Å²) in [6.07, 6.45) is 4.16. The molecule has 1 aromatic carbocycles. The Morgan fingerprint density at radius 3 is 3.11 bits per heavy atom. The molecule has 19 heavy (non-hydrogen) atoms. The van der Waals surface area contributed by atoms with Gasteiger partial charge < -0.3 is 5.32 Å². The molecule has 1 heterocycles. The van der Waals surface area contributed by atoms with Crippen molar-refractivity contribution in [1.82, 2.24) is 10.3 Å². The van der Waals surface area contributed by atoms with E-state index in [1.54, 1.807) is 0 Å². The number of pyridine rings is 1. The number of nitrogens with one attached hydrogen (secondary N) is 1. The lowest BCUT2D eigenvalue weighted by Gasteiger charge is -2.13. The number of nitrogens with zero attached hydrogens (tertiary/aromatic N) is 1. The van der Waals surface area contributed by atoms with Crippen LogP contribution in [0.3, 0.4) is 0 Å². The van der Waals surface area contributed by atoms with Crippen molar-refractivity contribution in [2.75, 3.05) is 7.05 Å². The zero-order valence-electron chi connectivity index (χ0n) is 11.0. The molecule has 1 N–H and O–H groups in total. The zero-order chi connectivity index (χ0) is 13.2. The molecule has 0 radical (unpaired) electrons. The van der Waals surface area contributed by atoms with E-state index in [2.05, 4.69) is 28.5 Å². The minimum Gasteiger partial charge on any atom is -0.316 e. The number of hydrogen-bond acceptors (Lipinski definition) is 2. The second kappa shape index (κ2) is 5.32. The minimum atomic E-state index is 0.420. The van der Waals surface area contributed by atoms with Gasteiger partial charge in [-0.2, -0.15) is 0 Å². The molecule has 2 aromatic rings. The van der Waals surface area contributed by atoms with Crippen LogP contribution < -0.4 is 5.32 Å². The van der Waals surface area contributed by atoms with Gasteiger partial charge in [-0.15, -0.1) is 0 Å². The first kappa shape index (κ1) is 12.6. The molecule has 0 saturated carbocycles. The molecule has 1 aliphatic rings. The monoisotopic (exact) mass is 272 g/mol. The molecule has 0 amide bonds. The highest BCUT2D eigenvalue weighted by molar-refractivity contribution is 6.31. The summed E-state index contributed by atoms with van der Waals surface area (Å²) in [6.45, 7) is 0.800. The van der Waals surface area contributed by atoms with Gasteiger partial charge in [0.25, 0.3) is 0 Å². The van der Waals surface area contributed by atoms with Crippen LogP contribution in [0.4, 0.5) is 0 Å². The Morgan fingerprint density at radius 2 is 2.26 bits per heavy atom. The Balaban J connectivity index is 1.98. The largest absolute Gasteiger partial charge is 0.316 e. The lowest BCUT2D eigenvalue weighted by Crippen LogP contribution is -2.07. The first-order valence-corrected chi connectivity index (χ1v) is 7.04. The molecule has 0 spiro atoms. The number of rotatable bonds is 3. The van der Waals surface area contributed by atoms with Crippen LogP contribution in [0.1, 0.15) is 34.7 Å². The van der Waals surface area contributed by atoms with Crippen LogP contribution >= 0.6 is 11.6 Å². The fourth-order valence-corrected chi connectivity index (χ4v) is 3.06. The van der Waals surface area contributed by atoms with E-state index in [0.29, 0.717) is 5.92 Å². The van der Waals surface area contributed by atoms with E-state index in [4.69, 9.17) is 11.6 Å². The van der Waals surface area contributed by atoms with Gasteiger partial charge in [-0.1, -0.05) is 29.8 Å². The fraction of sp³-hybridized carbons (Fsp3) is 0.312. The molecule has 1 aromatic heterocycles. The van der Waals surface area contributed by atoms with Gasteiger partial charge in [0.15, 0.2) is 0 Å². The van der Waals surface area contributed by atoms with E-state index in [9.17, 15) is 0 Å². The summed E-state index contributed by atoms with van der Waals surface area (Å²) in [6, 6.07) is 10.6. The first-order valence-electron chi connectivity index (χ1n) is 6.66. The second-order valence-electron chi connectivity index (χ2n) is 5.02. The standard InChI is InChI=1S/C16H17ClN2/c1-18-10-13-9-12(5-7-15(13)17)14-6-4-11-3-2-8-19-16(11)14/h2-3,5,7-9,14,18H,4,6,10H2,1H3. The van der Waals surface area contributed by atoms with Gasteiger partial charge in [-0.25, -0.2) is 0 Å². The number of halogens is 1. The number of hydrogen-bond donors (Lipinski definition) is 1. The smallest absolute Gasteiger partial charge is 0.0510 e. The van der Waals surface area contributed by atoms with Crippen LogP contribution in [0.15, 0.2) is 36.5 Å². The number of benzene rings is 1. The van der Waals surface area contributed by atoms with Crippen molar-refractivity contribution < 1.29 is 0 Å². The van der Waals surface area contributed by atoms with Crippen molar-refractivity contribution in [3.05, 3.63) is 63.9 Å². The summed E-state index contributed by atoms with van der Waals surface area (Å²) in [4.78, 5) is 4.57. The van der Waals surface area contributed by atoms with Gasteiger partial charge >= 0.3 is 0 Å². The van der Waals surface area contributed by atoms with E-state index in [-0.39, 0.29) is 0 Å². The van der Waals surface area contributed by atoms with Crippen LogP contribution in [-0.4, -0.2) is 12.0 Å². The lowest BCUT2D eigenvalue weighted by molar-refractivity contribution is 0.764. The second-order valence-corrected chi connectivity index (χ2v) is 5.43. The minimum absolute atomic E-state index is 0.420. The summed E-state index contributed by atoms with van der Waals surface area (Å²) in [5.74, 6) is 0.420. The number of fused-ring (bicyclic) bond motifs is 1. The van der Waals surface area contributed by atoms with E-state index < -0.39 is 0 Å². The molecule has 3 rings (SSSR count). The van der Waals surface area contributed by atoms with Crippen LogP contribution in [0, 0.1) is 0 Å². The van der Waals surface area contributed by atoms with Crippen molar-refractivity contribution in [1.29, 1.82) is 0 Å². The summed E-state index contributed by atoms with van der Waals surface area (Å²) in [5.41, 5.74) is 5.11. The van der Waals surface area contributed by atoms with Gasteiger partial charge in [-0.3, -0.25) is 4.98 Å². The maximum Gasteiger partial charge on any atom is 0.0510 e. The predicted octanol–water partition coefficient (Wildman–Crippen LogP) is 3.53. The van der Waals surface area contributed by atoms with Crippen LogP contribution in [0.5, 0.6) is 0 Å². The van der Waals surface area contributed by atoms with Gasteiger partial charge in [0.05, 0.1) is 5.69 Å². The van der Waals surface area contributed by atoms with Crippen molar-refractivity contribution in [3.63, 3.8) is 0 Å². The molecular formula is C16H17ClN2. The van der Waals surface area contributed by atoms with Gasteiger partial charge in [0, 0.05) is 23.7 Å². The maximum absolute atomic E-state index is 6.23. The van der Waals surface area contributed by atoms with E-state index in [1.165, 1.54) is 16.8 Å². The van der Waals surface area contributed by atoms with Crippen molar-refractivity contribution in [3.8, 4) is 0 Å². The molecule has 0 saturated heterocycles. The third-order valence-corrected chi connectivity index (χ3v) is 4.17. The third-order valence-electron chi connectivity index (χ3n) is 3.80. The molecule has 1 aliphatic carbocycles. The van der Waals surface area contributed by atoms with E-state index >= 15 is 0 Å².